The molecule has 1 saturated heterocycles. The van der Waals surface area contributed by atoms with Crippen LogP contribution in [-0.2, 0) is 11.3 Å². The highest BCUT2D eigenvalue weighted by molar-refractivity contribution is 5.79. The molecule has 2 unspecified atom stereocenters. The minimum Gasteiger partial charge on any atom is -0.341 e. The van der Waals surface area contributed by atoms with Gasteiger partial charge in [-0.3, -0.25) is 14.9 Å². The Kier molecular flexibility index (Phi) is 4.34. The summed E-state index contributed by atoms with van der Waals surface area (Å²) in [5, 5.41) is 14.0. The Morgan fingerprint density at radius 1 is 1.50 bits per heavy atom. The molecule has 0 saturated carbocycles. The van der Waals surface area contributed by atoms with Crippen LogP contribution in [0.2, 0.25) is 0 Å². The smallest absolute Gasteiger partial charge is 0.269 e. The first-order valence-electron chi connectivity index (χ1n) is 6.68. The molecule has 2 atom stereocenters. The monoisotopic (exact) mass is 277 g/mol. The molecule has 0 aromatic heterocycles. The Bertz CT molecular complexity index is 518. The van der Waals surface area contributed by atoms with Crippen LogP contribution < -0.4 is 5.32 Å². The van der Waals surface area contributed by atoms with Gasteiger partial charge in [0.25, 0.3) is 5.69 Å². The predicted molar refractivity (Wildman–Crippen MR) is 75.1 cm³/mol. The number of nitro benzene ring substituents is 1. The Morgan fingerprint density at radius 2 is 2.25 bits per heavy atom. The van der Waals surface area contributed by atoms with Crippen LogP contribution in [0.3, 0.4) is 0 Å². The number of benzene rings is 1. The standard InChI is InChI=1S/C14H19N3O3/c1-10-7-15-8-13(10)14(18)16(2)9-11-4-3-5-12(6-11)17(19)20/h3-6,10,13,15H,7-9H2,1-2H3. The van der Waals surface area contributed by atoms with E-state index in [0.717, 1.165) is 12.1 Å². The van der Waals surface area contributed by atoms with Gasteiger partial charge in [0, 0.05) is 32.3 Å². The number of nitro groups is 1. The summed E-state index contributed by atoms with van der Waals surface area (Å²) in [6, 6.07) is 6.41. The highest BCUT2D eigenvalue weighted by Crippen LogP contribution is 2.20. The summed E-state index contributed by atoms with van der Waals surface area (Å²) in [5.41, 5.74) is 0.827. The number of nitrogens with one attached hydrogen (secondary N) is 1. The summed E-state index contributed by atoms with van der Waals surface area (Å²) in [6.07, 6.45) is 0. The Labute approximate surface area is 117 Å². The quantitative estimate of drug-likeness (QED) is 0.667. The van der Waals surface area contributed by atoms with Crippen molar-refractivity contribution in [2.45, 2.75) is 13.5 Å². The van der Waals surface area contributed by atoms with E-state index in [4.69, 9.17) is 0 Å². The number of rotatable bonds is 4. The molecule has 1 aliphatic heterocycles. The van der Waals surface area contributed by atoms with Gasteiger partial charge in [0.15, 0.2) is 0 Å². The van der Waals surface area contributed by atoms with Crippen molar-refractivity contribution in [1.82, 2.24) is 10.2 Å². The molecule has 0 bridgehead atoms. The Hall–Kier alpha value is -1.95. The van der Waals surface area contributed by atoms with E-state index in [0.29, 0.717) is 19.0 Å². The van der Waals surface area contributed by atoms with Crippen molar-refractivity contribution in [1.29, 1.82) is 0 Å². The fourth-order valence-electron chi connectivity index (χ4n) is 2.54. The predicted octanol–water partition coefficient (Wildman–Crippen LogP) is 1.41. The van der Waals surface area contributed by atoms with Gasteiger partial charge in [0.2, 0.25) is 5.91 Å². The largest absolute Gasteiger partial charge is 0.341 e. The van der Waals surface area contributed by atoms with Crippen molar-refractivity contribution in [3.05, 3.63) is 39.9 Å². The molecule has 0 spiro atoms. The van der Waals surface area contributed by atoms with Gasteiger partial charge in [-0.05, 0) is 18.0 Å². The van der Waals surface area contributed by atoms with E-state index in [2.05, 4.69) is 12.2 Å². The lowest BCUT2D eigenvalue weighted by Gasteiger charge is -2.23. The van der Waals surface area contributed by atoms with E-state index in [1.54, 1.807) is 24.1 Å². The highest BCUT2D eigenvalue weighted by atomic mass is 16.6. The van der Waals surface area contributed by atoms with E-state index >= 15 is 0 Å². The summed E-state index contributed by atoms with van der Waals surface area (Å²) >= 11 is 0. The van der Waals surface area contributed by atoms with Gasteiger partial charge in [-0.2, -0.15) is 0 Å². The SMILES string of the molecule is CC1CNCC1C(=O)N(C)Cc1cccc([N+](=O)[O-])c1. The topological polar surface area (TPSA) is 75.5 Å². The van der Waals surface area contributed by atoms with Gasteiger partial charge in [-0.15, -0.1) is 0 Å². The first kappa shape index (κ1) is 14.5. The molecule has 108 valence electrons. The van der Waals surface area contributed by atoms with Crippen molar-refractivity contribution in [2.75, 3.05) is 20.1 Å². The molecule has 0 aliphatic carbocycles. The van der Waals surface area contributed by atoms with Crippen LogP contribution in [0.5, 0.6) is 0 Å². The first-order valence-corrected chi connectivity index (χ1v) is 6.68. The lowest BCUT2D eigenvalue weighted by molar-refractivity contribution is -0.384. The van der Waals surface area contributed by atoms with Crippen molar-refractivity contribution in [2.24, 2.45) is 11.8 Å². The molecule has 1 amide bonds. The highest BCUT2D eigenvalue weighted by Gasteiger charge is 2.31. The Balaban J connectivity index is 2.03. The van der Waals surface area contributed by atoms with Gasteiger partial charge < -0.3 is 10.2 Å². The third kappa shape index (κ3) is 3.14. The molecule has 1 N–H and O–H groups in total. The second-order valence-electron chi connectivity index (χ2n) is 5.36. The van der Waals surface area contributed by atoms with Crippen molar-refractivity contribution in [3.8, 4) is 0 Å². The van der Waals surface area contributed by atoms with E-state index in [1.165, 1.54) is 12.1 Å². The van der Waals surface area contributed by atoms with Crippen molar-refractivity contribution in [3.63, 3.8) is 0 Å². The van der Waals surface area contributed by atoms with E-state index < -0.39 is 4.92 Å². The van der Waals surface area contributed by atoms with E-state index in [1.807, 2.05) is 0 Å². The number of amides is 1. The number of hydrogen-bond donors (Lipinski definition) is 1. The van der Waals surface area contributed by atoms with Crippen LogP contribution in [0.1, 0.15) is 12.5 Å². The summed E-state index contributed by atoms with van der Waals surface area (Å²) in [5.74, 6) is 0.419. The molecule has 6 nitrogen and oxygen atoms in total. The summed E-state index contributed by atoms with van der Waals surface area (Å²) in [4.78, 5) is 24.3. The number of hydrogen-bond acceptors (Lipinski definition) is 4. The zero-order valence-corrected chi connectivity index (χ0v) is 11.7. The second-order valence-corrected chi connectivity index (χ2v) is 5.36. The normalized spacial score (nSPS) is 21.7. The van der Waals surface area contributed by atoms with Crippen molar-refractivity contribution < 1.29 is 9.72 Å². The van der Waals surface area contributed by atoms with E-state index in [9.17, 15) is 14.9 Å². The summed E-state index contributed by atoms with van der Waals surface area (Å²) in [6.45, 7) is 4.02. The lowest BCUT2D eigenvalue weighted by atomic mass is 9.96. The maximum Gasteiger partial charge on any atom is 0.269 e. The van der Waals surface area contributed by atoms with Crippen LogP contribution in [0, 0.1) is 22.0 Å². The van der Waals surface area contributed by atoms with Crippen LogP contribution in [0.4, 0.5) is 5.69 Å². The fraction of sp³-hybridized carbons (Fsp3) is 0.500. The van der Waals surface area contributed by atoms with Gasteiger partial charge >= 0.3 is 0 Å². The molecule has 1 fully saturated rings. The minimum absolute atomic E-state index is 0.00121. The Morgan fingerprint density at radius 3 is 2.85 bits per heavy atom. The number of non-ortho nitro benzene ring substituents is 1. The molecule has 1 aromatic rings. The zero-order valence-electron chi connectivity index (χ0n) is 11.7. The van der Waals surface area contributed by atoms with Crippen LogP contribution in [-0.4, -0.2) is 35.9 Å². The molecule has 1 heterocycles. The average Bonchev–Trinajstić information content (AvgIpc) is 2.84. The molecule has 1 aromatic carbocycles. The van der Waals surface area contributed by atoms with Crippen LogP contribution in [0.25, 0.3) is 0 Å². The molecule has 6 heteroatoms. The summed E-state index contributed by atoms with van der Waals surface area (Å²) < 4.78 is 0. The fourth-order valence-corrected chi connectivity index (χ4v) is 2.54. The second kappa shape index (κ2) is 6.00. The van der Waals surface area contributed by atoms with Crippen LogP contribution in [0.15, 0.2) is 24.3 Å². The zero-order chi connectivity index (χ0) is 14.7. The number of carbonyl (C=O) groups is 1. The lowest BCUT2D eigenvalue weighted by Crippen LogP contribution is -2.35. The maximum absolute atomic E-state index is 12.3. The van der Waals surface area contributed by atoms with Gasteiger partial charge in [-0.25, -0.2) is 0 Å². The molecular formula is C14H19N3O3. The third-order valence-electron chi connectivity index (χ3n) is 3.75. The molecule has 2 rings (SSSR count). The molecular weight excluding hydrogens is 258 g/mol. The van der Waals surface area contributed by atoms with Crippen molar-refractivity contribution >= 4 is 11.6 Å². The van der Waals surface area contributed by atoms with E-state index in [-0.39, 0.29) is 17.5 Å². The average molecular weight is 277 g/mol. The first-order chi connectivity index (χ1) is 9.49. The summed E-state index contributed by atoms with van der Waals surface area (Å²) in [7, 11) is 1.74. The molecule has 20 heavy (non-hydrogen) atoms. The maximum atomic E-state index is 12.3. The number of nitrogens with zero attached hydrogens (tertiary/aromatic N) is 2. The van der Waals surface area contributed by atoms with Crippen LogP contribution >= 0.6 is 0 Å². The van der Waals surface area contributed by atoms with Gasteiger partial charge in [0.1, 0.15) is 0 Å². The number of carbonyl (C=O) groups excluding carboxylic acids is 1. The third-order valence-corrected chi connectivity index (χ3v) is 3.75. The van der Waals surface area contributed by atoms with Gasteiger partial charge in [0.05, 0.1) is 10.8 Å². The molecule has 0 radical (unpaired) electrons. The minimum atomic E-state index is -0.422. The van der Waals surface area contributed by atoms with Gasteiger partial charge in [-0.1, -0.05) is 19.1 Å². The molecule has 1 aliphatic rings.